The molecule has 2 aromatic heterocycles. The van der Waals surface area contributed by atoms with E-state index in [2.05, 4.69) is 20.7 Å². The summed E-state index contributed by atoms with van der Waals surface area (Å²) in [5.74, 6) is 0.455. The lowest BCUT2D eigenvalue weighted by atomic mass is 10.1. The fourth-order valence-corrected chi connectivity index (χ4v) is 4.28. The molecule has 1 amide bonds. The van der Waals surface area contributed by atoms with Crippen LogP contribution in [0, 0.1) is 0 Å². The Balaban J connectivity index is 1.38. The van der Waals surface area contributed by atoms with Gasteiger partial charge in [-0.15, -0.1) is 0 Å². The van der Waals surface area contributed by atoms with Gasteiger partial charge in [-0.2, -0.15) is 5.10 Å². The molecule has 4 aromatic rings. The summed E-state index contributed by atoms with van der Waals surface area (Å²) in [6.45, 7) is 1.68. The number of amides is 1. The fourth-order valence-electron chi connectivity index (χ4n) is 4.06. The van der Waals surface area contributed by atoms with Gasteiger partial charge in [0.05, 0.1) is 17.1 Å². The van der Waals surface area contributed by atoms with Crippen LogP contribution in [-0.2, 0) is 13.1 Å². The smallest absolute Gasteiger partial charge is 0.257 e. The number of fused-ring (bicyclic) bond motifs is 2. The maximum Gasteiger partial charge on any atom is 0.257 e. The second-order valence-electron chi connectivity index (χ2n) is 7.87. The Labute approximate surface area is 177 Å². The number of carbonyl (C=O) groups is 1. The van der Waals surface area contributed by atoms with E-state index in [4.69, 9.17) is 16.6 Å². The molecule has 2 aliphatic rings. The van der Waals surface area contributed by atoms with E-state index >= 15 is 0 Å². The second kappa shape index (κ2) is 6.68. The molecule has 6 rings (SSSR count). The molecule has 0 spiro atoms. The van der Waals surface area contributed by atoms with Gasteiger partial charge in [-0.25, -0.2) is 4.98 Å². The number of imidazole rings is 1. The van der Waals surface area contributed by atoms with Gasteiger partial charge in [0, 0.05) is 30.0 Å². The highest BCUT2D eigenvalue weighted by molar-refractivity contribution is 6.32. The second-order valence-corrected chi connectivity index (χ2v) is 8.30. The number of benzene rings is 2. The molecule has 8 heteroatoms. The number of nitrogens with zero attached hydrogens (tertiary/aromatic N) is 3. The van der Waals surface area contributed by atoms with E-state index in [1.165, 1.54) is 11.1 Å². The van der Waals surface area contributed by atoms with Crippen LogP contribution in [-0.4, -0.2) is 25.7 Å². The standard InChI is InChI=1S/C22H19ClN6O/c23-14-8-17(22(30)26-15-2-1-12-10-24-11-13(12)7-15)20-18(9-14)27-21(28-20)19-5-6-25-29(19)16-3-4-16/h1-2,5-9,16,24H,3-4,10-11H2,(H,26,30)(H,27,28). The highest BCUT2D eigenvalue weighted by atomic mass is 35.5. The van der Waals surface area contributed by atoms with Crippen LogP contribution in [0.3, 0.4) is 0 Å². The summed E-state index contributed by atoms with van der Waals surface area (Å²) >= 11 is 6.32. The summed E-state index contributed by atoms with van der Waals surface area (Å²) in [6, 6.07) is 11.8. The lowest BCUT2D eigenvalue weighted by Gasteiger charge is -2.08. The van der Waals surface area contributed by atoms with E-state index in [1.807, 2.05) is 28.9 Å². The average molecular weight is 419 g/mol. The van der Waals surface area contributed by atoms with Gasteiger partial charge in [-0.1, -0.05) is 17.7 Å². The number of halogens is 1. The van der Waals surface area contributed by atoms with Crippen LogP contribution in [0.4, 0.5) is 5.69 Å². The third kappa shape index (κ3) is 2.98. The lowest BCUT2D eigenvalue weighted by molar-refractivity contribution is 0.102. The molecule has 1 saturated carbocycles. The Bertz CT molecular complexity index is 1300. The topological polar surface area (TPSA) is 87.6 Å². The first-order chi connectivity index (χ1) is 14.7. The number of carbonyl (C=O) groups excluding carboxylic acids is 1. The van der Waals surface area contributed by atoms with Crippen molar-refractivity contribution in [3.8, 4) is 11.5 Å². The molecule has 30 heavy (non-hydrogen) atoms. The molecule has 7 nitrogen and oxygen atoms in total. The Morgan fingerprint density at radius 3 is 2.87 bits per heavy atom. The van der Waals surface area contributed by atoms with Gasteiger partial charge in [0.25, 0.3) is 5.91 Å². The molecule has 0 unspecified atom stereocenters. The van der Waals surface area contributed by atoms with E-state index in [1.54, 1.807) is 18.3 Å². The van der Waals surface area contributed by atoms with Crippen molar-refractivity contribution in [2.75, 3.05) is 5.32 Å². The molecule has 1 aliphatic heterocycles. The van der Waals surface area contributed by atoms with E-state index in [9.17, 15) is 4.79 Å². The normalized spacial score (nSPS) is 15.5. The van der Waals surface area contributed by atoms with Crippen molar-refractivity contribution in [2.45, 2.75) is 32.0 Å². The zero-order valence-corrected chi connectivity index (χ0v) is 16.8. The monoisotopic (exact) mass is 418 g/mol. The van der Waals surface area contributed by atoms with Crippen molar-refractivity contribution >= 4 is 34.2 Å². The number of H-pyrrole nitrogens is 1. The zero-order valence-electron chi connectivity index (χ0n) is 16.1. The largest absolute Gasteiger partial charge is 0.337 e. The van der Waals surface area contributed by atoms with Crippen molar-refractivity contribution in [2.24, 2.45) is 0 Å². The number of hydrogen-bond donors (Lipinski definition) is 3. The van der Waals surface area contributed by atoms with Crippen molar-refractivity contribution in [1.29, 1.82) is 0 Å². The lowest BCUT2D eigenvalue weighted by Crippen LogP contribution is -2.13. The summed E-state index contributed by atoms with van der Waals surface area (Å²) in [5.41, 5.74) is 5.92. The first-order valence-electron chi connectivity index (χ1n) is 10.0. The molecule has 2 aromatic carbocycles. The van der Waals surface area contributed by atoms with Gasteiger partial charge in [0.1, 0.15) is 11.2 Å². The predicted octanol–water partition coefficient (Wildman–Crippen LogP) is 4.27. The van der Waals surface area contributed by atoms with Gasteiger partial charge >= 0.3 is 0 Å². The first-order valence-corrected chi connectivity index (χ1v) is 10.4. The zero-order chi connectivity index (χ0) is 20.2. The third-order valence-corrected chi connectivity index (χ3v) is 5.91. The summed E-state index contributed by atoms with van der Waals surface area (Å²) in [6.07, 6.45) is 4.04. The molecule has 3 heterocycles. The van der Waals surface area contributed by atoms with Crippen molar-refractivity contribution in [3.05, 3.63) is 64.3 Å². The molecular weight excluding hydrogens is 400 g/mol. The van der Waals surface area contributed by atoms with Crippen LogP contribution in [0.1, 0.15) is 40.4 Å². The molecule has 0 saturated heterocycles. The minimum absolute atomic E-state index is 0.234. The average Bonchev–Trinajstić information content (AvgIpc) is 3.14. The van der Waals surface area contributed by atoms with Crippen LogP contribution in [0.25, 0.3) is 22.6 Å². The van der Waals surface area contributed by atoms with Crippen LogP contribution in [0.5, 0.6) is 0 Å². The number of aromatic nitrogens is 4. The minimum atomic E-state index is -0.234. The van der Waals surface area contributed by atoms with Gasteiger partial charge in [0.2, 0.25) is 0 Å². The molecule has 1 fully saturated rings. The Morgan fingerprint density at radius 2 is 2.00 bits per heavy atom. The summed E-state index contributed by atoms with van der Waals surface area (Å²) < 4.78 is 2.00. The van der Waals surface area contributed by atoms with E-state index < -0.39 is 0 Å². The highest BCUT2D eigenvalue weighted by Crippen LogP contribution is 2.37. The van der Waals surface area contributed by atoms with Crippen LogP contribution in [0.2, 0.25) is 5.02 Å². The predicted molar refractivity (Wildman–Crippen MR) is 116 cm³/mol. The van der Waals surface area contributed by atoms with Gasteiger partial charge in [-0.3, -0.25) is 9.48 Å². The van der Waals surface area contributed by atoms with Gasteiger partial charge in [0.15, 0.2) is 5.82 Å². The summed E-state index contributed by atoms with van der Waals surface area (Å²) in [4.78, 5) is 21.2. The summed E-state index contributed by atoms with van der Waals surface area (Å²) in [7, 11) is 0. The van der Waals surface area contributed by atoms with Crippen molar-refractivity contribution < 1.29 is 4.79 Å². The first kappa shape index (κ1) is 17.7. The number of rotatable bonds is 4. The van der Waals surface area contributed by atoms with Gasteiger partial charge < -0.3 is 15.6 Å². The van der Waals surface area contributed by atoms with Crippen LogP contribution in [0.15, 0.2) is 42.6 Å². The quantitative estimate of drug-likeness (QED) is 0.462. The Hall–Kier alpha value is -3.16. The molecular formula is C22H19ClN6O. The molecule has 0 radical (unpaired) electrons. The third-order valence-electron chi connectivity index (χ3n) is 5.70. The van der Waals surface area contributed by atoms with Gasteiger partial charge in [-0.05, 0) is 54.3 Å². The molecule has 150 valence electrons. The fraction of sp³-hybridized carbons (Fsp3) is 0.227. The number of aromatic amines is 1. The van der Waals surface area contributed by atoms with E-state index in [-0.39, 0.29) is 5.91 Å². The maximum absolute atomic E-state index is 13.1. The van der Waals surface area contributed by atoms with Crippen LogP contribution < -0.4 is 10.6 Å². The molecule has 0 bridgehead atoms. The molecule has 3 N–H and O–H groups in total. The number of hydrogen-bond acceptors (Lipinski definition) is 4. The summed E-state index contributed by atoms with van der Waals surface area (Å²) in [5, 5.41) is 11.2. The minimum Gasteiger partial charge on any atom is -0.337 e. The molecule has 0 atom stereocenters. The Morgan fingerprint density at radius 1 is 1.13 bits per heavy atom. The Kier molecular flexibility index (Phi) is 3.94. The molecule has 1 aliphatic carbocycles. The van der Waals surface area contributed by atoms with Crippen LogP contribution >= 0.6 is 11.6 Å². The van der Waals surface area contributed by atoms with Crippen molar-refractivity contribution in [1.82, 2.24) is 25.1 Å². The van der Waals surface area contributed by atoms with E-state index in [0.29, 0.717) is 28.0 Å². The SMILES string of the molecule is O=C(Nc1ccc2c(c1)CNC2)c1cc(Cl)cc2[nH]c(-c3ccnn3C3CC3)nc12. The maximum atomic E-state index is 13.1. The highest BCUT2D eigenvalue weighted by Gasteiger charge is 2.28. The van der Waals surface area contributed by atoms with Crippen molar-refractivity contribution in [3.63, 3.8) is 0 Å². The number of anilines is 1. The van der Waals surface area contributed by atoms with E-state index in [0.717, 1.165) is 42.8 Å². The number of nitrogens with one attached hydrogen (secondary N) is 3.